The predicted molar refractivity (Wildman–Crippen MR) is 118 cm³/mol. The van der Waals surface area contributed by atoms with E-state index in [4.69, 9.17) is 27.9 Å². The lowest BCUT2D eigenvalue weighted by Crippen LogP contribution is -2.40. The van der Waals surface area contributed by atoms with Crippen molar-refractivity contribution in [3.63, 3.8) is 0 Å². The molecule has 0 spiro atoms. The van der Waals surface area contributed by atoms with Gasteiger partial charge in [-0.15, -0.1) is 0 Å². The number of carboxylic acid groups (broad SMARTS) is 1. The van der Waals surface area contributed by atoms with Crippen molar-refractivity contribution in [1.82, 2.24) is 15.3 Å². The fourth-order valence-corrected chi connectivity index (χ4v) is 3.17. The van der Waals surface area contributed by atoms with Gasteiger partial charge in [0.1, 0.15) is 11.8 Å². The Hall–Kier alpha value is -3.42. The minimum absolute atomic E-state index is 0.0408. The molecule has 0 aliphatic carbocycles. The van der Waals surface area contributed by atoms with Crippen LogP contribution in [0.3, 0.4) is 0 Å². The van der Waals surface area contributed by atoms with Gasteiger partial charge in [0.15, 0.2) is 0 Å². The summed E-state index contributed by atoms with van der Waals surface area (Å²) < 4.78 is 5.52. The molecule has 9 heteroatoms. The second-order valence-electron chi connectivity index (χ2n) is 6.30. The SMILES string of the molecule is O=C(NC(CC=Cc1ccc(Oc2ncccn2)cc1)C(=O)O)c1c(Cl)cccc1Cl. The number of ether oxygens (including phenoxy) is 1. The van der Waals surface area contributed by atoms with Crippen LogP contribution in [0.4, 0.5) is 0 Å². The number of aromatic nitrogens is 2. The van der Waals surface area contributed by atoms with Gasteiger partial charge >= 0.3 is 12.0 Å². The molecule has 0 radical (unpaired) electrons. The average Bonchev–Trinajstić information content (AvgIpc) is 2.75. The molecule has 3 rings (SSSR count). The van der Waals surface area contributed by atoms with Crippen LogP contribution in [-0.2, 0) is 4.79 Å². The molecular formula is C22H17Cl2N3O4. The number of carbonyl (C=O) groups is 2. The van der Waals surface area contributed by atoms with Crippen LogP contribution >= 0.6 is 23.2 Å². The van der Waals surface area contributed by atoms with Crippen molar-refractivity contribution in [2.45, 2.75) is 12.5 Å². The Bertz CT molecular complexity index is 1070. The number of amides is 1. The predicted octanol–water partition coefficient (Wildman–Crippen LogP) is 4.86. The first-order chi connectivity index (χ1) is 14.9. The molecule has 31 heavy (non-hydrogen) atoms. The van der Waals surface area contributed by atoms with E-state index in [1.54, 1.807) is 60.9 Å². The first-order valence-corrected chi connectivity index (χ1v) is 9.89. The average molecular weight is 458 g/mol. The summed E-state index contributed by atoms with van der Waals surface area (Å²) in [6.45, 7) is 0. The summed E-state index contributed by atoms with van der Waals surface area (Å²) in [7, 11) is 0. The van der Waals surface area contributed by atoms with Crippen molar-refractivity contribution in [3.8, 4) is 11.8 Å². The summed E-state index contributed by atoms with van der Waals surface area (Å²) in [5.41, 5.74) is 0.866. The largest absolute Gasteiger partial charge is 0.480 e. The lowest BCUT2D eigenvalue weighted by atomic mass is 10.1. The Kier molecular flexibility index (Phi) is 7.59. The third-order valence-electron chi connectivity index (χ3n) is 4.11. The highest BCUT2D eigenvalue weighted by molar-refractivity contribution is 6.39. The molecule has 0 aliphatic heterocycles. The van der Waals surface area contributed by atoms with Crippen molar-refractivity contribution in [2.24, 2.45) is 0 Å². The molecule has 1 heterocycles. The second-order valence-corrected chi connectivity index (χ2v) is 7.12. The number of benzene rings is 2. The van der Waals surface area contributed by atoms with Crippen LogP contribution < -0.4 is 10.1 Å². The molecule has 1 atom stereocenters. The second kappa shape index (κ2) is 10.6. The van der Waals surface area contributed by atoms with Crippen molar-refractivity contribution < 1.29 is 19.4 Å². The van der Waals surface area contributed by atoms with E-state index < -0.39 is 17.9 Å². The number of nitrogens with one attached hydrogen (secondary N) is 1. The highest BCUT2D eigenvalue weighted by Gasteiger charge is 2.22. The van der Waals surface area contributed by atoms with E-state index in [2.05, 4.69) is 15.3 Å². The number of hydrogen-bond acceptors (Lipinski definition) is 5. The fourth-order valence-electron chi connectivity index (χ4n) is 2.60. The van der Waals surface area contributed by atoms with Crippen LogP contribution in [0.5, 0.6) is 11.8 Å². The number of halogens is 2. The molecule has 158 valence electrons. The van der Waals surface area contributed by atoms with Crippen LogP contribution in [0.15, 0.2) is 67.0 Å². The minimum Gasteiger partial charge on any atom is -0.480 e. The first kappa shape index (κ1) is 22.3. The Morgan fingerprint density at radius 1 is 1.03 bits per heavy atom. The van der Waals surface area contributed by atoms with Gasteiger partial charge in [-0.25, -0.2) is 14.8 Å². The number of carbonyl (C=O) groups excluding carboxylic acids is 1. The van der Waals surface area contributed by atoms with Gasteiger partial charge in [-0.3, -0.25) is 4.79 Å². The molecule has 0 saturated heterocycles. The molecule has 0 saturated carbocycles. The zero-order valence-electron chi connectivity index (χ0n) is 16.0. The normalized spacial score (nSPS) is 11.8. The lowest BCUT2D eigenvalue weighted by Gasteiger charge is -2.14. The van der Waals surface area contributed by atoms with Gasteiger partial charge in [0.2, 0.25) is 0 Å². The van der Waals surface area contributed by atoms with Crippen molar-refractivity contribution in [3.05, 3.63) is 88.2 Å². The van der Waals surface area contributed by atoms with E-state index in [1.807, 2.05) is 0 Å². The Morgan fingerprint density at radius 3 is 2.29 bits per heavy atom. The molecule has 0 bridgehead atoms. The molecular weight excluding hydrogens is 441 g/mol. The number of nitrogens with zero attached hydrogens (tertiary/aromatic N) is 2. The Labute approximate surface area is 188 Å². The van der Waals surface area contributed by atoms with Crippen molar-refractivity contribution in [1.29, 1.82) is 0 Å². The minimum atomic E-state index is -1.17. The van der Waals surface area contributed by atoms with Gasteiger partial charge in [0.25, 0.3) is 5.91 Å². The molecule has 1 amide bonds. The molecule has 2 aromatic carbocycles. The topological polar surface area (TPSA) is 101 Å². The van der Waals surface area contributed by atoms with Gasteiger partial charge in [0, 0.05) is 12.4 Å². The zero-order valence-corrected chi connectivity index (χ0v) is 17.5. The number of carboxylic acids is 1. The lowest BCUT2D eigenvalue weighted by molar-refractivity contribution is -0.139. The highest BCUT2D eigenvalue weighted by atomic mass is 35.5. The van der Waals surface area contributed by atoms with Crippen LogP contribution in [0.25, 0.3) is 6.08 Å². The maximum atomic E-state index is 12.4. The third-order valence-corrected chi connectivity index (χ3v) is 4.74. The molecule has 0 fully saturated rings. The molecule has 0 aliphatic rings. The Balaban J connectivity index is 1.61. The van der Waals surface area contributed by atoms with E-state index in [-0.39, 0.29) is 28.0 Å². The first-order valence-electron chi connectivity index (χ1n) is 9.13. The number of rotatable bonds is 8. The summed E-state index contributed by atoms with van der Waals surface area (Å²) >= 11 is 12.0. The monoisotopic (exact) mass is 457 g/mol. The quantitative estimate of drug-likeness (QED) is 0.500. The number of hydrogen-bond donors (Lipinski definition) is 2. The van der Waals surface area contributed by atoms with Gasteiger partial charge in [-0.05, 0) is 42.3 Å². The van der Waals surface area contributed by atoms with E-state index in [0.29, 0.717) is 5.75 Å². The summed E-state index contributed by atoms with van der Waals surface area (Å²) in [6.07, 6.45) is 6.63. The standard InChI is InChI=1S/C22H17Cl2N3O4/c23-16-5-2-6-17(24)19(16)20(28)27-18(21(29)30)7-1-4-14-8-10-15(11-9-14)31-22-25-12-3-13-26-22/h1-6,8-13,18H,7H2,(H,27,28)(H,29,30). The summed E-state index contributed by atoms with van der Waals surface area (Å²) in [5.74, 6) is -1.26. The van der Waals surface area contributed by atoms with Gasteiger partial charge < -0.3 is 15.2 Å². The van der Waals surface area contributed by atoms with Crippen molar-refractivity contribution >= 4 is 41.2 Å². The zero-order chi connectivity index (χ0) is 22.2. The molecule has 1 unspecified atom stereocenters. The maximum absolute atomic E-state index is 12.4. The van der Waals surface area contributed by atoms with Crippen LogP contribution in [0.2, 0.25) is 10.0 Å². The van der Waals surface area contributed by atoms with Gasteiger partial charge in [-0.1, -0.05) is 53.6 Å². The van der Waals surface area contributed by atoms with E-state index in [1.165, 1.54) is 12.1 Å². The molecule has 3 aromatic rings. The highest BCUT2D eigenvalue weighted by Crippen LogP contribution is 2.24. The maximum Gasteiger partial charge on any atom is 0.326 e. The number of aliphatic carboxylic acids is 1. The van der Waals surface area contributed by atoms with Gasteiger partial charge in [-0.2, -0.15) is 0 Å². The van der Waals surface area contributed by atoms with Crippen LogP contribution in [0, 0.1) is 0 Å². The Morgan fingerprint density at radius 2 is 1.68 bits per heavy atom. The van der Waals surface area contributed by atoms with Crippen LogP contribution in [0.1, 0.15) is 22.3 Å². The van der Waals surface area contributed by atoms with Crippen molar-refractivity contribution in [2.75, 3.05) is 0 Å². The van der Waals surface area contributed by atoms with Crippen LogP contribution in [-0.4, -0.2) is 33.0 Å². The van der Waals surface area contributed by atoms with E-state index in [0.717, 1.165) is 5.56 Å². The molecule has 7 nitrogen and oxygen atoms in total. The van der Waals surface area contributed by atoms with E-state index in [9.17, 15) is 14.7 Å². The third kappa shape index (κ3) is 6.28. The summed E-state index contributed by atoms with van der Waals surface area (Å²) in [4.78, 5) is 32.0. The molecule has 1 aromatic heterocycles. The summed E-state index contributed by atoms with van der Waals surface area (Å²) in [5, 5.41) is 12.2. The summed E-state index contributed by atoms with van der Waals surface area (Å²) in [6, 6.07) is 12.5. The smallest absolute Gasteiger partial charge is 0.326 e. The fraction of sp³-hybridized carbons (Fsp3) is 0.0909. The molecule has 2 N–H and O–H groups in total. The van der Waals surface area contributed by atoms with E-state index >= 15 is 0 Å². The van der Waals surface area contributed by atoms with Gasteiger partial charge in [0.05, 0.1) is 15.6 Å².